The van der Waals surface area contributed by atoms with Crippen LogP contribution in [-0.4, -0.2) is 19.3 Å². The molecule has 1 aliphatic heterocycles. The van der Waals surface area contributed by atoms with Gasteiger partial charge in [-0.05, 0) is 36.5 Å². The van der Waals surface area contributed by atoms with E-state index in [4.69, 9.17) is 10.5 Å². The number of ether oxygens (including phenoxy) is 1. The molecule has 0 bridgehead atoms. The van der Waals surface area contributed by atoms with E-state index in [-0.39, 0.29) is 0 Å². The minimum atomic E-state index is 0.338. The summed E-state index contributed by atoms with van der Waals surface area (Å²) in [5.41, 5.74) is 6.64. The molecule has 3 unspecified atom stereocenters. The van der Waals surface area contributed by atoms with Crippen molar-refractivity contribution in [3.05, 3.63) is 0 Å². The van der Waals surface area contributed by atoms with Crippen molar-refractivity contribution in [3.63, 3.8) is 0 Å². The van der Waals surface area contributed by atoms with Crippen LogP contribution in [-0.2, 0) is 4.74 Å². The van der Waals surface area contributed by atoms with Crippen LogP contribution in [0.1, 0.15) is 47.0 Å². The molecule has 2 nitrogen and oxygen atoms in total. The molecule has 3 atom stereocenters. The van der Waals surface area contributed by atoms with Crippen molar-refractivity contribution in [1.29, 1.82) is 0 Å². The SMILES string of the molecule is CC(CC(N)C1CCOC1)CC(C)(C)C. The van der Waals surface area contributed by atoms with E-state index in [1.807, 2.05) is 0 Å². The molecular formula is C13H27NO. The average Bonchev–Trinajstić information content (AvgIpc) is 2.50. The summed E-state index contributed by atoms with van der Waals surface area (Å²) in [5.74, 6) is 1.33. The van der Waals surface area contributed by atoms with Crippen molar-refractivity contribution < 1.29 is 4.74 Å². The number of hydrogen-bond donors (Lipinski definition) is 1. The van der Waals surface area contributed by atoms with E-state index in [1.165, 1.54) is 6.42 Å². The molecule has 0 aromatic rings. The van der Waals surface area contributed by atoms with Crippen molar-refractivity contribution in [2.24, 2.45) is 23.0 Å². The topological polar surface area (TPSA) is 35.2 Å². The van der Waals surface area contributed by atoms with Crippen molar-refractivity contribution >= 4 is 0 Å². The van der Waals surface area contributed by atoms with Crippen LogP contribution in [0.2, 0.25) is 0 Å². The molecule has 1 fully saturated rings. The fourth-order valence-corrected chi connectivity index (χ4v) is 2.68. The fourth-order valence-electron chi connectivity index (χ4n) is 2.68. The van der Waals surface area contributed by atoms with Crippen LogP contribution in [0.15, 0.2) is 0 Å². The molecule has 15 heavy (non-hydrogen) atoms. The second-order valence-electron chi connectivity index (χ2n) is 6.39. The van der Waals surface area contributed by atoms with Gasteiger partial charge in [0.1, 0.15) is 0 Å². The summed E-state index contributed by atoms with van der Waals surface area (Å²) in [6.07, 6.45) is 3.56. The monoisotopic (exact) mass is 213 g/mol. The zero-order valence-corrected chi connectivity index (χ0v) is 10.8. The predicted octanol–water partition coefficient (Wildman–Crippen LogP) is 2.81. The number of rotatable bonds is 4. The molecule has 0 aromatic carbocycles. The van der Waals surface area contributed by atoms with Gasteiger partial charge in [-0.15, -0.1) is 0 Å². The molecule has 0 spiro atoms. The van der Waals surface area contributed by atoms with Gasteiger partial charge in [-0.3, -0.25) is 0 Å². The van der Waals surface area contributed by atoms with Gasteiger partial charge in [-0.1, -0.05) is 27.7 Å². The summed E-state index contributed by atoms with van der Waals surface area (Å²) in [7, 11) is 0. The molecule has 0 saturated carbocycles. The van der Waals surface area contributed by atoms with Gasteiger partial charge in [0.2, 0.25) is 0 Å². The first-order valence-electron chi connectivity index (χ1n) is 6.22. The molecule has 2 heteroatoms. The van der Waals surface area contributed by atoms with Crippen LogP contribution in [0.4, 0.5) is 0 Å². The second-order valence-corrected chi connectivity index (χ2v) is 6.39. The van der Waals surface area contributed by atoms with E-state index in [0.717, 1.165) is 32.0 Å². The normalized spacial score (nSPS) is 26.6. The summed E-state index contributed by atoms with van der Waals surface area (Å²) >= 11 is 0. The van der Waals surface area contributed by atoms with Gasteiger partial charge in [0.25, 0.3) is 0 Å². The van der Waals surface area contributed by atoms with E-state index >= 15 is 0 Å². The third-order valence-electron chi connectivity index (χ3n) is 3.21. The lowest BCUT2D eigenvalue weighted by Gasteiger charge is -2.27. The number of hydrogen-bond acceptors (Lipinski definition) is 2. The van der Waals surface area contributed by atoms with Crippen LogP contribution in [0.3, 0.4) is 0 Å². The molecule has 1 aliphatic rings. The van der Waals surface area contributed by atoms with Gasteiger partial charge >= 0.3 is 0 Å². The highest BCUT2D eigenvalue weighted by molar-refractivity contribution is 4.79. The Balaban J connectivity index is 2.27. The Morgan fingerprint density at radius 2 is 2.07 bits per heavy atom. The molecule has 1 rings (SSSR count). The molecule has 0 aromatic heterocycles. The molecule has 1 heterocycles. The predicted molar refractivity (Wildman–Crippen MR) is 64.8 cm³/mol. The molecule has 90 valence electrons. The fraction of sp³-hybridized carbons (Fsp3) is 1.00. The lowest BCUT2D eigenvalue weighted by Crippen LogP contribution is -2.32. The number of nitrogens with two attached hydrogens (primary N) is 1. The van der Waals surface area contributed by atoms with Gasteiger partial charge < -0.3 is 10.5 Å². The lowest BCUT2D eigenvalue weighted by molar-refractivity contribution is 0.175. The molecular weight excluding hydrogens is 186 g/mol. The average molecular weight is 213 g/mol. The molecule has 0 aliphatic carbocycles. The van der Waals surface area contributed by atoms with Gasteiger partial charge in [0.15, 0.2) is 0 Å². The van der Waals surface area contributed by atoms with Crippen molar-refractivity contribution in [3.8, 4) is 0 Å². The van der Waals surface area contributed by atoms with Gasteiger partial charge in [0.05, 0.1) is 6.61 Å². The summed E-state index contributed by atoms with van der Waals surface area (Å²) in [5, 5.41) is 0. The third-order valence-corrected chi connectivity index (χ3v) is 3.21. The highest BCUT2D eigenvalue weighted by Crippen LogP contribution is 2.28. The minimum absolute atomic E-state index is 0.338. The van der Waals surface area contributed by atoms with Crippen LogP contribution in [0, 0.1) is 17.3 Å². The Labute approximate surface area is 94.6 Å². The minimum Gasteiger partial charge on any atom is -0.381 e. The van der Waals surface area contributed by atoms with Crippen LogP contribution < -0.4 is 5.73 Å². The standard InChI is InChI=1S/C13H27NO/c1-10(8-13(2,3)4)7-12(14)11-5-6-15-9-11/h10-12H,5-9,14H2,1-4H3. The van der Waals surface area contributed by atoms with E-state index in [1.54, 1.807) is 0 Å². The lowest BCUT2D eigenvalue weighted by atomic mass is 9.81. The van der Waals surface area contributed by atoms with Crippen LogP contribution in [0.25, 0.3) is 0 Å². The Hall–Kier alpha value is -0.0800. The quantitative estimate of drug-likeness (QED) is 0.779. The van der Waals surface area contributed by atoms with E-state index in [0.29, 0.717) is 17.4 Å². The Morgan fingerprint density at radius 3 is 2.53 bits per heavy atom. The van der Waals surface area contributed by atoms with E-state index in [2.05, 4.69) is 27.7 Å². The van der Waals surface area contributed by atoms with Gasteiger partial charge in [0, 0.05) is 12.6 Å². The summed E-state index contributed by atoms with van der Waals surface area (Å²) in [6.45, 7) is 11.0. The van der Waals surface area contributed by atoms with Gasteiger partial charge in [-0.2, -0.15) is 0 Å². The maximum Gasteiger partial charge on any atom is 0.0509 e. The molecule has 2 N–H and O–H groups in total. The van der Waals surface area contributed by atoms with Crippen LogP contribution >= 0.6 is 0 Å². The van der Waals surface area contributed by atoms with Crippen molar-refractivity contribution in [2.75, 3.05) is 13.2 Å². The Bertz CT molecular complexity index is 179. The smallest absolute Gasteiger partial charge is 0.0509 e. The Kier molecular flexibility index (Phi) is 4.60. The summed E-state index contributed by atoms with van der Waals surface area (Å²) in [6, 6.07) is 0.338. The first kappa shape index (κ1) is 13.0. The molecule has 0 amide bonds. The largest absolute Gasteiger partial charge is 0.381 e. The summed E-state index contributed by atoms with van der Waals surface area (Å²) < 4.78 is 5.38. The Morgan fingerprint density at radius 1 is 1.40 bits per heavy atom. The zero-order valence-electron chi connectivity index (χ0n) is 10.8. The first-order chi connectivity index (χ1) is 6.88. The molecule has 0 radical (unpaired) electrons. The van der Waals surface area contributed by atoms with Crippen molar-refractivity contribution in [2.45, 2.75) is 53.0 Å². The van der Waals surface area contributed by atoms with Crippen LogP contribution in [0.5, 0.6) is 0 Å². The highest BCUT2D eigenvalue weighted by Gasteiger charge is 2.25. The van der Waals surface area contributed by atoms with Gasteiger partial charge in [-0.25, -0.2) is 0 Å². The maximum absolute atomic E-state index is 6.22. The third kappa shape index (κ3) is 4.98. The molecule has 1 saturated heterocycles. The zero-order chi connectivity index (χ0) is 11.5. The maximum atomic E-state index is 6.22. The van der Waals surface area contributed by atoms with E-state index in [9.17, 15) is 0 Å². The summed E-state index contributed by atoms with van der Waals surface area (Å²) in [4.78, 5) is 0. The van der Waals surface area contributed by atoms with E-state index < -0.39 is 0 Å². The highest BCUT2D eigenvalue weighted by atomic mass is 16.5. The first-order valence-corrected chi connectivity index (χ1v) is 6.22. The second kappa shape index (κ2) is 5.31. The van der Waals surface area contributed by atoms with Crippen molar-refractivity contribution in [1.82, 2.24) is 0 Å².